The summed E-state index contributed by atoms with van der Waals surface area (Å²) in [5.74, 6) is 1.09. The molecule has 4 rings (SSSR count). The van der Waals surface area contributed by atoms with Crippen molar-refractivity contribution in [2.24, 2.45) is 0 Å². The highest BCUT2D eigenvalue weighted by molar-refractivity contribution is 5.67. The van der Waals surface area contributed by atoms with Crippen LogP contribution in [0.2, 0.25) is 0 Å². The van der Waals surface area contributed by atoms with Crippen LogP contribution in [-0.2, 0) is 0 Å². The Morgan fingerprint density at radius 3 is 2.36 bits per heavy atom. The maximum Gasteiger partial charge on any atom is 0.140 e. The molecule has 0 bridgehead atoms. The molecule has 1 aliphatic carbocycles. The lowest BCUT2D eigenvalue weighted by Crippen LogP contribution is -2.05. The summed E-state index contributed by atoms with van der Waals surface area (Å²) < 4.78 is 2.35. The van der Waals surface area contributed by atoms with Gasteiger partial charge in [0, 0.05) is 36.4 Å². The molecule has 0 radical (unpaired) electrons. The van der Waals surface area contributed by atoms with Crippen LogP contribution in [0, 0.1) is 0 Å². The van der Waals surface area contributed by atoms with Gasteiger partial charge in [-0.2, -0.15) is 0 Å². The summed E-state index contributed by atoms with van der Waals surface area (Å²) in [5, 5.41) is 0. The van der Waals surface area contributed by atoms with Crippen LogP contribution in [-0.4, -0.2) is 14.5 Å². The van der Waals surface area contributed by atoms with Crippen molar-refractivity contribution in [3.63, 3.8) is 0 Å². The number of benzene rings is 1. The number of imidazole rings is 1. The molecule has 3 heteroatoms. The summed E-state index contributed by atoms with van der Waals surface area (Å²) >= 11 is 0. The number of hydrogen-bond acceptors (Lipinski definition) is 2. The molecule has 1 aromatic carbocycles. The van der Waals surface area contributed by atoms with Crippen molar-refractivity contribution in [1.82, 2.24) is 14.5 Å². The standard InChI is InChI=1S/C19H19N3/c1-2-6-18(5-1)22-13-12-21-19(22)16-9-7-15(8-10-16)17-4-3-11-20-14-17/h3-4,7-14,18H,1-2,5-6H2. The van der Waals surface area contributed by atoms with Crippen molar-refractivity contribution in [3.05, 3.63) is 61.2 Å². The van der Waals surface area contributed by atoms with Gasteiger partial charge in [-0.15, -0.1) is 0 Å². The van der Waals surface area contributed by atoms with Gasteiger partial charge in [-0.1, -0.05) is 43.2 Å². The third kappa shape index (κ3) is 2.43. The average Bonchev–Trinajstić information content (AvgIpc) is 3.27. The van der Waals surface area contributed by atoms with Crippen molar-refractivity contribution in [3.8, 4) is 22.5 Å². The van der Waals surface area contributed by atoms with Crippen molar-refractivity contribution >= 4 is 0 Å². The Labute approximate surface area is 130 Å². The molecule has 3 nitrogen and oxygen atoms in total. The van der Waals surface area contributed by atoms with E-state index < -0.39 is 0 Å². The van der Waals surface area contributed by atoms with E-state index >= 15 is 0 Å². The SMILES string of the molecule is c1cncc(-c2ccc(-c3nccn3C3CCCC3)cc2)c1. The maximum atomic E-state index is 4.58. The number of pyridine rings is 1. The first-order chi connectivity index (χ1) is 10.9. The minimum atomic E-state index is 0.621. The number of rotatable bonds is 3. The van der Waals surface area contributed by atoms with Crippen LogP contribution >= 0.6 is 0 Å². The second-order valence-corrected chi connectivity index (χ2v) is 5.92. The monoisotopic (exact) mass is 289 g/mol. The molecule has 22 heavy (non-hydrogen) atoms. The molecule has 0 N–H and O–H groups in total. The lowest BCUT2D eigenvalue weighted by molar-refractivity contribution is 0.523. The van der Waals surface area contributed by atoms with E-state index in [0.717, 1.165) is 11.4 Å². The molecule has 0 unspecified atom stereocenters. The molecule has 1 aliphatic rings. The van der Waals surface area contributed by atoms with Crippen molar-refractivity contribution in [2.45, 2.75) is 31.7 Å². The first kappa shape index (κ1) is 13.3. The Bertz CT molecular complexity index is 738. The fraction of sp³-hybridized carbons (Fsp3) is 0.263. The van der Waals surface area contributed by atoms with E-state index in [-0.39, 0.29) is 0 Å². The largest absolute Gasteiger partial charge is 0.328 e. The fourth-order valence-electron chi connectivity index (χ4n) is 3.36. The lowest BCUT2D eigenvalue weighted by Gasteiger charge is -2.15. The van der Waals surface area contributed by atoms with Crippen LogP contribution in [0.4, 0.5) is 0 Å². The molecule has 0 saturated heterocycles. The van der Waals surface area contributed by atoms with Crippen molar-refractivity contribution < 1.29 is 0 Å². The number of hydrogen-bond donors (Lipinski definition) is 0. The molecule has 2 heterocycles. The predicted molar refractivity (Wildman–Crippen MR) is 88.4 cm³/mol. The van der Waals surface area contributed by atoms with Crippen LogP contribution in [0.5, 0.6) is 0 Å². The molecule has 2 aromatic heterocycles. The molecule has 0 spiro atoms. The predicted octanol–water partition coefficient (Wildman–Crippen LogP) is 4.73. The van der Waals surface area contributed by atoms with Crippen LogP contribution in [0.25, 0.3) is 22.5 Å². The van der Waals surface area contributed by atoms with Crippen molar-refractivity contribution in [1.29, 1.82) is 0 Å². The zero-order valence-electron chi connectivity index (χ0n) is 12.5. The zero-order chi connectivity index (χ0) is 14.8. The lowest BCUT2D eigenvalue weighted by atomic mass is 10.1. The van der Waals surface area contributed by atoms with E-state index in [1.807, 2.05) is 18.5 Å². The van der Waals surface area contributed by atoms with Crippen LogP contribution < -0.4 is 0 Å². The molecule has 110 valence electrons. The minimum absolute atomic E-state index is 0.621. The van der Waals surface area contributed by atoms with Gasteiger partial charge in [0.25, 0.3) is 0 Å². The second kappa shape index (κ2) is 5.76. The first-order valence-electron chi connectivity index (χ1n) is 7.95. The van der Waals surface area contributed by atoms with Gasteiger partial charge in [-0.25, -0.2) is 4.98 Å². The summed E-state index contributed by atoms with van der Waals surface area (Å²) in [5.41, 5.74) is 3.52. The highest BCUT2D eigenvalue weighted by Crippen LogP contribution is 2.33. The summed E-state index contributed by atoms with van der Waals surface area (Å²) in [4.78, 5) is 8.77. The molecule has 0 aliphatic heterocycles. The quantitative estimate of drug-likeness (QED) is 0.698. The van der Waals surface area contributed by atoms with Crippen LogP contribution in [0.1, 0.15) is 31.7 Å². The molecule has 3 aromatic rings. The normalized spacial score (nSPS) is 15.3. The van der Waals surface area contributed by atoms with Gasteiger partial charge in [-0.3, -0.25) is 4.98 Å². The summed E-state index contributed by atoms with van der Waals surface area (Å²) in [7, 11) is 0. The average molecular weight is 289 g/mol. The molecule has 0 amide bonds. The van der Waals surface area contributed by atoms with Gasteiger partial charge in [0.05, 0.1) is 0 Å². The topological polar surface area (TPSA) is 30.7 Å². The molecule has 1 saturated carbocycles. The summed E-state index contributed by atoms with van der Waals surface area (Å²) in [6.45, 7) is 0. The van der Waals surface area contributed by atoms with Gasteiger partial charge in [0.15, 0.2) is 0 Å². The highest BCUT2D eigenvalue weighted by atomic mass is 15.1. The van der Waals surface area contributed by atoms with Gasteiger partial charge in [0.1, 0.15) is 5.82 Å². The van der Waals surface area contributed by atoms with Crippen LogP contribution in [0.3, 0.4) is 0 Å². The summed E-state index contributed by atoms with van der Waals surface area (Å²) in [6, 6.07) is 13.3. The van der Waals surface area contributed by atoms with Gasteiger partial charge in [0.2, 0.25) is 0 Å². The second-order valence-electron chi connectivity index (χ2n) is 5.92. The van der Waals surface area contributed by atoms with Gasteiger partial charge in [-0.05, 0) is 30.0 Å². The maximum absolute atomic E-state index is 4.58. The van der Waals surface area contributed by atoms with Gasteiger partial charge >= 0.3 is 0 Å². The molecule has 0 atom stereocenters. The van der Waals surface area contributed by atoms with Gasteiger partial charge < -0.3 is 4.57 Å². The third-order valence-corrected chi connectivity index (χ3v) is 4.52. The van der Waals surface area contributed by atoms with E-state index in [1.165, 1.54) is 36.8 Å². The Balaban J connectivity index is 1.65. The zero-order valence-corrected chi connectivity index (χ0v) is 12.5. The molecule has 1 fully saturated rings. The third-order valence-electron chi connectivity index (χ3n) is 4.52. The highest BCUT2D eigenvalue weighted by Gasteiger charge is 2.19. The van der Waals surface area contributed by atoms with Crippen molar-refractivity contribution in [2.75, 3.05) is 0 Å². The van der Waals surface area contributed by atoms with E-state index in [0.29, 0.717) is 6.04 Å². The van der Waals surface area contributed by atoms with Crippen LogP contribution in [0.15, 0.2) is 61.2 Å². The number of aromatic nitrogens is 3. The Kier molecular flexibility index (Phi) is 3.47. The Morgan fingerprint density at radius 1 is 0.864 bits per heavy atom. The van der Waals surface area contributed by atoms with E-state index in [4.69, 9.17) is 0 Å². The van der Waals surface area contributed by atoms with E-state index in [9.17, 15) is 0 Å². The summed E-state index contributed by atoms with van der Waals surface area (Å²) in [6.07, 6.45) is 13.0. The fourth-order valence-corrected chi connectivity index (χ4v) is 3.36. The van der Waals surface area contributed by atoms with E-state index in [1.54, 1.807) is 6.20 Å². The minimum Gasteiger partial charge on any atom is -0.328 e. The Hall–Kier alpha value is -2.42. The molecular weight excluding hydrogens is 270 g/mol. The van der Waals surface area contributed by atoms with E-state index in [2.05, 4.69) is 51.1 Å². The Morgan fingerprint density at radius 2 is 1.64 bits per heavy atom. The first-order valence-corrected chi connectivity index (χ1v) is 7.95. The number of nitrogens with zero attached hydrogens (tertiary/aromatic N) is 3. The molecular formula is C19H19N3. The smallest absolute Gasteiger partial charge is 0.140 e.